The summed E-state index contributed by atoms with van der Waals surface area (Å²) in [5.41, 5.74) is 1.76. The first kappa shape index (κ1) is 18.2. The van der Waals surface area contributed by atoms with E-state index >= 15 is 0 Å². The van der Waals surface area contributed by atoms with Gasteiger partial charge < -0.3 is 19.8 Å². The lowest BCUT2D eigenvalue weighted by Gasteiger charge is -2.43. The van der Waals surface area contributed by atoms with Gasteiger partial charge in [0.25, 0.3) is 5.91 Å². The molecule has 2 heterocycles. The molecular formula is C20H31N3O2. The molecule has 2 aliphatic rings. The molecule has 2 saturated heterocycles. The molecule has 2 aliphatic heterocycles. The number of rotatable bonds is 5. The van der Waals surface area contributed by atoms with Crippen molar-refractivity contribution in [1.82, 2.24) is 9.80 Å². The Bertz CT molecular complexity index is 581. The third-order valence-corrected chi connectivity index (χ3v) is 5.52. The summed E-state index contributed by atoms with van der Waals surface area (Å²) in [7, 11) is 4.05. The van der Waals surface area contributed by atoms with E-state index in [0.717, 1.165) is 44.6 Å². The van der Waals surface area contributed by atoms with Crippen molar-refractivity contribution in [3.63, 3.8) is 0 Å². The van der Waals surface area contributed by atoms with Gasteiger partial charge in [0.05, 0.1) is 6.61 Å². The predicted molar refractivity (Wildman–Crippen MR) is 101 cm³/mol. The highest BCUT2D eigenvalue weighted by molar-refractivity contribution is 5.94. The van der Waals surface area contributed by atoms with Crippen LogP contribution in [0.3, 0.4) is 0 Å². The van der Waals surface area contributed by atoms with Crippen LogP contribution in [-0.4, -0.2) is 74.2 Å². The van der Waals surface area contributed by atoms with Crippen molar-refractivity contribution in [3.05, 3.63) is 29.8 Å². The number of carbonyl (C=O) groups is 1. The van der Waals surface area contributed by atoms with E-state index in [2.05, 4.69) is 21.9 Å². The second kappa shape index (κ2) is 7.75. The summed E-state index contributed by atoms with van der Waals surface area (Å²) in [6, 6.07) is 8.05. The number of nitrogens with zero attached hydrogens (tertiary/aromatic N) is 3. The lowest BCUT2D eigenvalue weighted by molar-refractivity contribution is 0.0138. The third-order valence-electron chi connectivity index (χ3n) is 5.52. The minimum atomic E-state index is -0.201. The fraction of sp³-hybridized carbons (Fsp3) is 0.650. The largest absolute Gasteiger partial charge is 0.396 e. The molecule has 1 aromatic rings. The Morgan fingerprint density at radius 3 is 2.40 bits per heavy atom. The zero-order chi connectivity index (χ0) is 17.9. The van der Waals surface area contributed by atoms with Crippen molar-refractivity contribution >= 4 is 11.6 Å². The topological polar surface area (TPSA) is 47.0 Å². The molecule has 0 aliphatic carbocycles. The summed E-state index contributed by atoms with van der Waals surface area (Å²) in [5.74, 6) is 0.0873. The van der Waals surface area contributed by atoms with Crippen molar-refractivity contribution in [3.8, 4) is 0 Å². The van der Waals surface area contributed by atoms with E-state index in [1.165, 1.54) is 18.5 Å². The fourth-order valence-corrected chi connectivity index (χ4v) is 4.33. The maximum absolute atomic E-state index is 12.9. The van der Waals surface area contributed by atoms with Gasteiger partial charge >= 0.3 is 0 Å². The smallest absolute Gasteiger partial charge is 0.253 e. The van der Waals surface area contributed by atoms with Crippen LogP contribution in [0.5, 0.6) is 0 Å². The summed E-state index contributed by atoms with van der Waals surface area (Å²) in [6.45, 7) is 4.58. The highest BCUT2D eigenvalue weighted by Gasteiger charge is 2.37. The fourth-order valence-electron chi connectivity index (χ4n) is 4.33. The SMILES string of the molecule is CN(C)C[C@@]1(CO)CCCN(C(=O)c2ccc(N3CCCC3)cc2)C1. The quantitative estimate of drug-likeness (QED) is 0.887. The van der Waals surface area contributed by atoms with Gasteiger partial charge in [0, 0.05) is 49.4 Å². The van der Waals surface area contributed by atoms with Crippen LogP contribution in [0.2, 0.25) is 0 Å². The molecule has 1 N–H and O–H groups in total. The van der Waals surface area contributed by atoms with E-state index in [0.29, 0.717) is 6.54 Å². The second-order valence-corrected chi connectivity index (χ2v) is 7.97. The molecule has 1 amide bonds. The third kappa shape index (κ3) is 4.15. The van der Waals surface area contributed by atoms with Gasteiger partial charge in [-0.2, -0.15) is 0 Å². The van der Waals surface area contributed by atoms with Crippen molar-refractivity contribution in [1.29, 1.82) is 0 Å². The predicted octanol–water partition coefficient (Wildman–Crippen LogP) is 2.06. The van der Waals surface area contributed by atoms with Crippen molar-refractivity contribution in [2.24, 2.45) is 5.41 Å². The van der Waals surface area contributed by atoms with Crippen LogP contribution in [0.1, 0.15) is 36.0 Å². The van der Waals surface area contributed by atoms with Crippen LogP contribution in [0.4, 0.5) is 5.69 Å². The van der Waals surface area contributed by atoms with Gasteiger partial charge in [-0.25, -0.2) is 0 Å². The van der Waals surface area contributed by atoms with E-state index in [9.17, 15) is 9.90 Å². The van der Waals surface area contributed by atoms with E-state index < -0.39 is 0 Å². The number of piperidine rings is 1. The Labute approximate surface area is 151 Å². The number of hydrogen-bond acceptors (Lipinski definition) is 4. The van der Waals surface area contributed by atoms with Gasteiger partial charge in [-0.05, 0) is 64.0 Å². The summed E-state index contributed by atoms with van der Waals surface area (Å²) in [5, 5.41) is 9.95. The summed E-state index contributed by atoms with van der Waals surface area (Å²) >= 11 is 0. The van der Waals surface area contributed by atoms with Gasteiger partial charge in [0.1, 0.15) is 0 Å². The average molecular weight is 345 g/mol. The lowest BCUT2D eigenvalue weighted by Crippen LogP contribution is -2.51. The van der Waals surface area contributed by atoms with E-state index in [1.54, 1.807) is 0 Å². The van der Waals surface area contributed by atoms with Gasteiger partial charge in [-0.3, -0.25) is 4.79 Å². The monoisotopic (exact) mass is 345 g/mol. The highest BCUT2D eigenvalue weighted by Crippen LogP contribution is 2.31. The van der Waals surface area contributed by atoms with Crippen LogP contribution >= 0.6 is 0 Å². The minimum Gasteiger partial charge on any atom is -0.396 e. The Morgan fingerprint density at radius 1 is 1.12 bits per heavy atom. The normalized spacial score (nSPS) is 24.2. The zero-order valence-corrected chi connectivity index (χ0v) is 15.6. The molecule has 0 radical (unpaired) electrons. The number of benzene rings is 1. The Hall–Kier alpha value is -1.59. The highest BCUT2D eigenvalue weighted by atomic mass is 16.3. The number of amides is 1. The molecule has 0 unspecified atom stereocenters. The molecule has 2 fully saturated rings. The molecule has 3 rings (SSSR count). The summed E-state index contributed by atoms with van der Waals surface area (Å²) in [4.78, 5) is 19.3. The standard InChI is InChI=1S/C20H31N3O2/c1-21(2)14-20(16-24)10-5-13-23(15-20)19(25)17-6-8-18(9-7-17)22-11-3-4-12-22/h6-9,24H,3-5,10-16H2,1-2H3/t20-/m0/s1. The number of aliphatic hydroxyl groups is 1. The maximum atomic E-state index is 12.9. The van der Waals surface area contributed by atoms with E-state index in [1.807, 2.05) is 31.1 Å². The molecule has 0 saturated carbocycles. The molecule has 0 bridgehead atoms. The number of hydrogen-bond donors (Lipinski definition) is 1. The van der Waals surface area contributed by atoms with Crippen LogP contribution in [0.25, 0.3) is 0 Å². The van der Waals surface area contributed by atoms with Gasteiger partial charge in [-0.1, -0.05) is 0 Å². The first-order chi connectivity index (χ1) is 12.0. The van der Waals surface area contributed by atoms with Crippen molar-refractivity contribution < 1.29 is 9.90 Å². The Morgan fingerprint density at radius 2 is 1.80 bits per heavy atom. The summed E-state index contributed by atoms with van der Waals surface area (Å²) in [6.07, 6.45) is 4.43. The second-order valence-electron chi connectivity index (χ2n) is 7.97. The minimum absolute atomic E-state index is 0.0873. The zero-order valence-electron chi connectivity index (χ0n) is 15.6. The molecule has 5 nitrogen and oxygen atoms in total. The maximum Gasteiger partial charge on any atom is 0.253 e. The first-order valence-electron chi connectivity index (χ1n) is 9.43. The number of aliphatic hydroxyl groups excluding tert-OH is 1. The molecular weight excluding hydrogens is 314 g/mol. The molecule has 5 heteroatoms. The van der Waals surface area contributed by atoms with Crippen molar-refractivity contribution in [2.45, 2.75) is 25.7 Å². The summed E-state index contributed by atoms with van der Waals surface area (Å²) < 4.78 is 0. The van der Waals surface area contributed by atoms with Gasteiger partial charge in [-0.15, -0.1) is 0 Å². The molecule has 0 aromatic heterocycles. The molecule has 138 valence electrons. The Balaban J connectivity index is 1.69. The van der Waals surface area contributed by atoms with Gasteiger partial charge in [0.15, 0.2) is 0 Å². The van der Waals surface area contributed by atoms with E-state index in [-0.39, 0.29) is 17.9 Å². The van der Waals surface area contributed by atoms with Crippen LogP contribution in [0.15, 0.2) is 24.3 Å². The van der Waals surface area contributed by atoms with Crippen LogP contribution in [-0.2, 0) is 0 Å². The number of anilines is 1. The van der Waals surface area contributed by atoms with Crippen LogP contribution in [0, 0.1) is 5.41 Å². The molecule has 25 heavy (non-hydrogen) atoms. The average Bonchev–Trinajstić information content (AvgIpc) is 3.15. The molecule has 1 aromatic carbocycles. The first-order valence-corrected chi connectivity index (χ1v) is 9.43. The Kier molecular flexibility index (Phi) is 5.64. The number of carbonyl (C=O) groups excluding carboxylic acids is 1. The van der Waals surface area contributed by atoms with E-state index in [4.69, 9.17) is 0 Å². The number of likely N-dealkylation sites (tertiary alicyclic amines) is 1. The van der Waals surface area contributed by atoms with Crippen LogP contribution < -0.4 is 4.90 Å². The van der Waals surface area contributed by atoms with Crippen molar-refractivity contribution in [2.75, 3.05) is 58.3 Å². The van der Waals surface area contributed by atoms with Gasteiger partial charge in [0.2, 0.25) is 0 Å². The lowest BCUT2D eigenvalue weighted by atomic mass is 9.80. The molecule has 1 atom stereocenters. The molecule has 0 spiro atoms.